The fraction of sp³-hybridized carbons (Fsp3) is 0.231. The summed E-state index contributed by atoms with van der Waals surface area (Å²) in [6.45, 7) is 0. The van der Waals surface area contributed by atoms with Crippen LogP contribution in [0.1, 0.15) is 18.9 Å². The maximum atomic E-state index is 12.9. The lowest BCUT2D eigenvalue weighted by Gasteiger charge is -2.08. The zero-order valence-electron chi connectivity index (χ0n) is 9.54. The number of hydrogen-bond acceptors (Lipinski definition) is 2. The Labute approximate surface area is 102 Å². The number of benzene rings is 1. The predicted molar refractivity (Wildman–Crippen MR) is 64.5 cm³/mol. The summed E-state index contributed by atoms with van der Waals surface area (Å²) in [6, 6.07) is 6.88. The molecule has 4 nitrogen and oxygen atoms in total. The zero-order valence-corrected chi connectivity index (χ0v) is 9.54. The lowest BCUT2D eigenvalue weighted by molar-refractivity contribution is 0.624. The summed E-state index contributed by atoms with van der Waals surface area (Å²) in [5, 5.41) is 0. The Bertz CT molecular complexity index is 696. The van der Waals surface area contributed by atoms with Crippen LogP contribution < -0.4 is 11.2 Å². The van der Waals surface area contributed by atoms with E-state index in [-0.39, 0.29) is 11.7 Å². The molecule has 92 valence electrons. The van der Waals surface area contributed by atoms with Crippen LogP contribution in [0.2, 0.25) is 0 Å². The first kappa shape index (κ1) is 11.0. The van der Waals surface area contributed by atoms with Crippen LogP contribution in [0.15, 0.2) is 46.1 Å². The minimum Gasteiger partial charge on any atom is -0.297 e. The molecule has 0 bridgehead atoms. The maximum Gasteiger partial charge on any atom is 0.335 e. The highest BCUT2D eigenvalue weighted by molar-refractivity contribution is 5.31. The van der Waals surface area contributed by atoms with Crippen molar-refractivity contribution >= 4 is 0 Å². The summed E-state index contributed by atoms with van der Waals surface area (Å²) < 4.78 is 15.5. The standard InChI is InChI=1S/C13H11FN2O2/c14-9-1-3-11(4-2-9)16-12(17)7-8-15(13(16)18)10-5-6-10/h1-4,7-8,10H,5-6H2. The molecule has 0 N–H and O–H groups in total. The molecule has 0 saturated heterocycles. The number of hydrogen-bond donors (Lipinski definition) is 0. The summed E-state index contributed by atoms with van der Waals surface area (Å²) in [7, 11) is 0. The Morgan fingerprint density at radius 2 is 1.72 bits per heavy atom. The third kappa shape index (κ3) is 1.77. The van der Waals surface area contributed by atoms with Crippen molar-refractivity contribution in [2.45, 2.75) is 18.9 Å². The van der Waals surface area contributed by atoms with Crippen molar-refractivity contribution in [1.29, 1.82) is 0 Å². The van der Waals surface area contributed by atoms with E-state index in [0.717, 1.165) is 17.4 Å². The molecule has 0 atom stereocenters. The topological polar surface area (TPSA) is 44.0 Å². The number of nitrogens with zero attached hydrogens (tertiary/aromatic N) is 2. The van der Waals surface area contributed by atoms with E-state index in [1.54, 1.807) is 4.57 Å². The Hall–Kier alpha value is -2.17. The Morgan fingerprint density at radius 3 is 2.33 bits per heavy atom. The third-order valence-electron chi connectivity index (χ3n) is 3.04. The van der Waals surface area contributed by atoms with Crippen molar-refractivity contribution in [3.05, 3.63) is 63.2 Å². The molecular formula is C13H11FN2O2. The van der Waals surface area contributed by atoms with Gasteiger partial charge >= 0.3 is 5.69 Å². The van der Waals surface area contributed by atoms with E-state index in [9.17, 15) is 14.0 Å². The van der Waals surface area contributed by atoms with Gasteiger partial charge in [-0.1, -0.05) is 0 Å². The van der Waals surface area contributed by atoms with Crippen LogP contribution in [0.5, 0.6) is 0 Å². The first-order valence-electron chi connectivity index (χ1n) is 5.77. The van der Waals surface area contributed by atoms with Gasteiger partial charge in [0.2, 0.25) is 0 Å². The van der Waals surface area contributed by atoms with E-state index >= 15 is 0 Å². The van der Waals surface area contributed by atoms with Crippen molar-refractivity contribution in [2.24, 2.45) is 0 Å². The minimum absolute atomic E-state index is 0.199. The van der Waals surface area contributed by atoms with Gasteiger partial charge in [0, 0.05) is 18.3 Å². The molecule has 0 aliphatic heterocycles. The molecule has 1 fully saturated rings. The van der Waals surface area contributed by atoms with Crippen LogP contribution in [0.3, 0.4) is 0 Å². The Morgan fingerprint density at radius 1 is 1.06 bits per heavy atom. The van der Waals surface area contributed by atoms with Gasteiger partial charge in [-0.15, -0.1) is 0 Å². The maximum absolute atomic E-state index is 12.9. The van der Waals surface area contributed by atoms with Gasteiger partial charge in [0.15, 0.2) is 0 Å². The summed E-state index contributed by atoms with van der Waals surface area (Å²) in [5.74, 6) is -0.398. The summed E-state index contributed by atoms with van der Waals surface area (Å²) in [4.78, 5) is 24.0. The third-order valence-corrected chi connectivity index (χ3v) is 3.04. The first-order valence-corrected chi connectivity index (χ1v) is 5.77. The van der Waals surface area contributed by atoms with Crippen molar-refractivity contribution in [2.75, 3.05) is 0 Å². The predicted octanol–water partition coefficient (Wildman–Crippen LogP) is 1.47. The highest BCUT2D eigenvalue weighted by Crippen LogP contribution is 2.32. The summed E-state index contributed by atoms with van der Waals surface area (Å²) in [6.07, 6.45) is 3.45. The molecule has 0 radical (unpaired) electrons. The molecular weight excluding hydrogens is 235 g/mol. The monoisotopic (exact) mass is 246 g/mol. The molecule has 5 heteroatoms. The van der Waals surface area contributed by atoms with Gasteiger partial charge in [-0.25, -0.2) is 13.8 Å². The molecule has 3 rings (SSSR count). The van der Waals surface area contributed by atoms with Crippen LogP contribution >= 0.6 is 0 Å². The molecule has 2 aromatic rings. The Kier molecular flexibility index (Phi) is 2.40. The van der Waals surface area contributed by atoms with Crippen molar-refractivity contribution in [1.82, 2.24) is 9.13 Å². The lowest BCUT2D eigenvalue weighted by Crippen LogP contribution is -2.37. The van der Waals surface area contributed by atoms with Gasteiger partial charge in [-0.3, -0.25) is 9.36 Å². The first-order chi connectivity index (χ1) is 8.66. The molecule has 0 amide bonds. The SMILES string of the molecule is O=c1ccn(C2CC2)c(=O)n1-c1ccc(F)cc1. The van der Waals surface area contributed by atoms with Gasteiger partial charge in [-0.05, 0) is 37.1 Å². The fourth-order valence-corrected chi connectivity index (χ4v) is 1.95. The van der Waals surface area contributed by atoms with Crippen molar-refractivity contribution in [3.63, 3.8) is 0 Å². The van der Waals surface area contributed by atoms with E-state index in [1.165, 1.54) is 36.5 Å². The van der Waals surface area contributed by atoms with Crippen LogP contribution in [0.4, 0.5) is 4.39 Å². The molecule has 0 spiro atoms. The molecule has 1 aromatic carbocycles. The highest BCUT2D eigenvalue weighted by Gasteiger charge is 2.25. The second-order valence-electron chi connectivity index (χ2n) is 4.39. The summed E-state index contributed by atoms with van der Waals surface area (Å²) in [5.41, 5.74) is -0.374. The highest BCUT2D eigenvalue weighted by atomic mass is 19.1. The normalized spacial score (nSPS) is 14.7. The average molecular weight is 246 g/mol. The van der Waals surface area contributed by atoms with E-state index in [2.05, 4.69) is 0 Å². The molecule has 1 saturated carbocycles. The summed E-state index contributed by atoms with van der Waals surface area (Å²) >= 11 is 0. The van der Waals surface area contributed by atoms with Gasteiger partial charge in [0.1, 0.15) is 5.82 Å². The van der Waals surface area contributed by atoms with Crippen LogP contribution in [-0.4, -0.2) is 9.13 Å². The van der Waals surface area contributed by atoms with Gasteiger partial charge < -0.3 is 0 Å². The van der Waals surface area contributed by atoms with Crippen LogP contribution in [-0.2, 0) is 0 Å². The van der Waals surface area contributed by atoms with E-state index in [1.807, 2.05) is 0 Å². The molecule has 1 aliphatic rings. The van der Waals surface area contributed by atoms with Crippen molar-refractivity contribution in [3.8, 4) is 5.69 Å². The number of rotatable bonds is 2. The minimum atomic E-state index is -0.400. The number of aromatic nitrogens is 2. The molecule has 0 unspecified atom stereocenters. The van der Waals surface area contributed by atoms with Crippen LogP contribution in [0.25, 0.3) is 5.69 Å². The van der Waals surface area contributed by atoms with Gasteiger partial charge in [0.05, 0.1) is 5.69 Å². The second kappa shape index (κ2) is 3.94. The van der Waals surface area contributed by atoms with E-state index in [0.29, 0.717) is 5.69 Å². The molecule has 18 heavy (non-hydrogen) atoms. The fourth-order valence-electron chi connectivity index (χ4n) is 1.95. The van der Waals surface area contributed by atoms with Crippen LogP contribution in [0, 0.1) is 5.82 Å². The van der Waals surface area contributed by atoms with Gasteiger partial charge in [-0.2, -0.15) is 0 Å². The quantitative estimate of drug-likeness (QED) is 0.805. The van der Waals surface area contributed by atoms with E-state index < -0.39 is 11.4 Å². The average Bonchev–Trinajstić information content (AvgIpc) is 3.16. The molecule has 1 aromatic heterocycles. The van der Waals surface area contributed by atoms with Gasteiger partial charge in [0.25, 0.3) is 5.56 Å². The second-order valence-corrected chi connectivity index (χ2v) is 4.39. The zero-order chi connectivity index (χ0) is 12.7. The van der Waals surface area contributed by atoms with E-state index in [4.69, 9.17) is 0 Å². The molecule has 1 heterocycles. The smallest absolute Gasteiger partial charge is 0.297 e. The lowest BCUT2D eigenvalue weighted by atomic mass is 10.3. The largest absolute Gasteiger partial charge is 0.335 e. The molecule has 1 aliphatic carbocycles. The number of halogens is 1. The Balaban J connectivity index is 2.21. The van der Waals surface area contributed by atoms with Crippen molar-refractivity contribution < 1.29 is 4.39 Å².